The van der Waals surface area contributed by atoms with Crippen molar-refractivity contribution >= 4 is 5.91 Å². The van der Waals surface area contributed by atoms with Crippen LogP contribution in [0.3, 0.4) is 0 Å². The van der Waals surface area contributed by atoms with Crippen molar-refractivity contribution in [3.05, 3.63) is 0 Å². The molecule has 0 aromatic heterocycles. The van der Waals surface area contributed by atoms with Gasteiger partial charge in [0.25, 0.3) is 0 Å². The maximum absolute atomic E-state index is 12.0. The number of rotatable bonds is 7. The molecule has 2 rings (SSSR count). The van der Waals surface area contributed by atoms with Crippen molar-refractivity contribution in [1.29, 1.82) is 0 Å². The Morgan fingerprint density at radius 1 is 1.15 bits per heavy atom. The average Bonchev–Trinajstić information content (AvgIpc) is 3.01. The number of carbonyl (C=O) groups excluding carboxylic acids is 1. The van der Waals surface area contributed by atoms with E-state index in [1.165, 1.54) is 32.1 Å². The number of nitrogens with zero attached hydrogens (tertiary/aromatic N) is 1. The largest absolute Gasteiger partial charge is 0.341 e. The average molecular weight is 281 g/mol. The molecule has 2 aliphatic rings. The van der Waals surface area contributed by atoms with Crippen LogP contribution in [-0.4, -0.2) is 43.0 Å². The van der Waals surface area contributed by atoms with Gasteiger partial charge in [-0.05, 0) is 57.5 Å². The molecule has 0 bridgehead atoms. The Balaban J connectivity index is 1.50. The summed E-state index contributed by atoms with van der Waals surface area (Å²) in [7, 11) is 0. The Labute approximate surface area is 123 Å². The predicted octanol–water partition coefficient (Wildman–Crippen LogP) is 1.89. The first-order valence-electron chi connectivity index (χ1n) is 8.52. The lowest BCUT2D eigenvalue weighted by Crippen LogP contribution is -2.42. The van der Waals surface area contributed by atoms with Crippen molar-refractivity contribution < 1.29 is 4.79 Å². The fraction of sp³-hybridized carbons (Fsp3) is 0.938. The number of nitrogens with one attached hydrogen (secondary N) is 1. The number of hydrogen-bond acceptors (Lipinski definition) is 3. The minimum atomic E-state index is -0.287. The lowest BCUT2D eigenvalue weighted by atomic mass is 9.89. The molecule has 0 spiro atoms. The van der Waals surface area contributed by atoms with E-state index in [9.17, 15) is 4.79 Å². The second kappa shape index (κ2) is 8.63. The normalized spacial score (nSPS) is 22.1. The molecule has 4 heteroatoms. The van der Waals surface area contributed by atoms with Gasteiger partial charge in [0.2, 0.25) is 5.91 Å². The molecule has 1 saturated carbocycles. The van der Waals surface area contributed by atoms with Crippen LogP contribution in [0.2, 0.25) is 0 Å². The lowest BCUT2D eigenvalue weighted by Gasteiger charge is -2.22. The first-order valence-corrected chi connectivity index (χ1v) is 8.52. The molecule has 2 fully saturated rings. The zero-order chi connectivity index (χ0) is 14.2. The molecule has 1 saturated heterocycles. The number of amides is 1. The maximum atomic E-state index is 12.0. The minimum absolute atomic E-state index is 0.162. The van der Waals surface area contributed by atoms with Gasteiger partial charge in [-0.1, -0.05) is 19.3 Å². The molecule has 1 aliphatic carbocycles. The van der Waals surface area contributed by atoms with Gasteiger partial charge in [-0.2, -0.15) is 0 Å². The highest BCUT2D eigenvalue weighted by Gasteiger charge is 2.23. The van der Waals surface area contributed by atoms with Crippen LogP contribution in [0.5, 0.6) is 0 Å². The first-order chi connectivity index (χ1) is 9.77. The van der Waals surface area contributed by atoms with Crippen LogP contribution in [0.1, 0.15) is 57.8 Å². The molecule has 1 heterocycles. The van der Waals surface area contributed by atoms with Crippen LogP contribution in [0, 0.1) is 5.92 Å². The van der Waals surface area contributed by atoms with Gasteiger partial charge in [-0.3, -0.25) is 4.79 Å². The third kappa shape index (κ3) is 5.06. The van der Waals surface area contributed by atoms with Gasteiger partial charge in [0.05, 0.1) is 6.04 Å². The van der Waals surface area contributed by atoms with E-state index < -0.39 is 0 Å². The van der Waals surface area contributed by atoms with Gasteiger partial charge < -0.3 is 16.0 Å². The van der Waals surface area contributed by atoms with Crippen molar-refractivity contribution in [3.63, 3.8) is 0 Å². The van der Waals surface area contributed by atoms with Gasteiger partial charge in [-0.15, -0.1) is 0 Å². The molecule has 1 aliphatic heterocycles. The second-order valence-electron chi connectivity index (χ2n) is 6.49. The summed E-state index contributed by atoms with van der Waals surface area (Å²) in [6.45, 7) is 3.96. The van der Waals surface area contributed by atoms with Crippen molar-refractivity contribution in [2.75, 3.05) is 26.2 Å². The van der Waals surface area contributed by atoms with Crippen molar-refractivity contribution in [2.24, 2.45) is 11.7 Å². The molecule has 20 heavy (non-hydrogen) atoms. The fourth-order valence-electron chi connectivity index (χ4n) is 3.44. The summed E-state index contributed by atoms with van der Waals surface area (Å²) < 4.78 is 0. The summed E-state index contributed by atoms with van der Waals surface area (Å²) in [4.78, 5) is 14.0. The van der Waals surface area contributed by atoms with E-state index in [-0.39, 0.29) is 11.9 Å². The predicted molar refractivity (Wildman–Crippen MR) is 82.5 cm³/mol. The maximum Gasteiger partial charge on any atom is 0.239 e. The number of nitrogens with two attached hydrogens (primary N) is 1. The Morgan fingerprint density at radius 2 is 1.85 bits per heavy atom. The third-order valence-electron chi connectivity index (χ3n) is 4.76. The second-order valence-corrected chi connectivity index (χ2v) is 6.49. The first kappa shape index (κ1) is 15.8. The van der Waals surface area contributed by atoms with Gasteiger partial charge in [0, 0.05) is 13.1 Å². The van der Waals surface area contributed by atoms with Crippen molar-refractivity contribution in [3.8, 4) is 0 Å². The minimum Gasteiger partial charge on any atom is -0.341 e. The molecule has 116 valence electrons. The number of carbonyl (C=O) groups is 1. The molecule has 0 unspecified atom stereocenters. The topological polar surface area (TPSA) is 58.4 Å². The van der Waals surface area contributed by atoms with Crippen LogP contribution in [-0.2, 0) is 4.79 Å². The molecule has 1 amide bonds. The number of hydrogen-bond donors (Lipinski definition) is 2. The van der Waals surface area contributed by atoms with Gasteiger partial charge in [-0.25, -0.2) is 0 Å². The van der Waals surface area contributed by atoms with E-state index in [1.807, 2.05) is 4.90 Å². The van der Waals surface area contributed by atoms with Crippen LogP contribution >= 0.6 is 0 Å². The Morgan fingerprint density at radius 3 is 2.55 bits per heavy atom. The van der Waals surface area contributed by atoms with E-state index in [1.54, 1.807) is 0 Å². The van der Waals surface area contributed by atoms with Gasteiger partial charge in [0.1, 0.15) is 0 Å². The monoisotopic (exact) mass is 281 g/mol. The van der Waals surface area contributed by atoms with E-state index in [2.05, 4.69) is 5.32 Å². The van der Waals surface area contributed by atoms with E-state index >= 15 is 0 Å². The van der Waals surface area contributed by atoms with Crippen LogP contribution in [0.25, 0.3) is 0 Å². The highest BCUT2D eigenvalue weighted by atomic mass is 16.2. The van der Waals surface area contributed by atoms with E-state index in [0.29, 0.717) is 0 Å². The molecule has 4 nitrogen and oxygen atoms in total. The van der Waals surface area contributed by atoms with E-state index in [4.69, 9.17) is 5.73 Å². The Kier molecular flexibility index (Phi) is 6.80. The summed E-state index contributed by atoms with van der Waals surface area (Å²) >= 11 is 0. The molecule has 0 aromatic carbocycles. The highest BCUT2D eigenvalue weighted by molar-refractivity contribution is 5.81. The Bertz CT molecular complexity index is 283. The van der Waals surface area contributed by atoms with Crippen LogP contribution in [0.15, 0.2) is 0 Å². The molecular weight excluding hydrogens is 250 g/mol. The number of likely N-dealkylation sites (tertiary alicyclic amines) is 1. The third-order valence-corrected chi connectivity index (χ3v) is 4.76. The molecular formula is C16H31N3O. The summed E-state index contributed by atoms with van der Waals surface area (Å²) in [5.41, 5.74) is 6.00. The SMILES string of the molecule is N[C@@H](CCCNCC1CCCCC1)C(=O)N1CCCC1. The smallest absolute Gasteiger partial charge is 0.239 e. The summed E-state index contributed by atoms with van der Waals surface area (Å²) in [6.07, 6.45) is 11.1. The molecule has 1 atom stereocenters. The van der Waals surface area contributed by atoms with Gasteiger partial charge in [0.15, 0.2) is 0 Å². The van der Waals surface area contributed by atoms with E-state index in [0.717, 1.165) is 57.8 Å². The highest BCUT2D eigenvalue weighted by Crippen LogP contribution is 2.22. The van der Waals surface area contributed by atoms with Crippen LogP contribution in [0.4, 0.5) is 0 Å². The summed E-state index contributed by atoms with van der Waals surface area (Å²) in [5.74, 6) is 1.04. The molecule has 3 N–H and O–H groups in total. The lowest BCUT2D eigenvalue weighted by molar-refractivity contribution is -0.131. The molecule has 0 aromatic rings. The summed E-state index contributed by atoms with van der Waals surface area (Å²) in [5, 5.41) is 3.54. The van der Waals surface area contributed by atoms with Gasteiger partial charge >= 0.3 is 0 Å². The van der Waals surface area contributed by atoms with Crippen molar-refractivity contribution in [2.45, 2.75) is 63.8 Å². The van der Waals surface area contributed by atoms with Crippen LogP contribution < -0.4 is 11.1 Å². The Hall–Kier alpha value is -0.610. The zero-order valence-corrected chi connectivity index (χ0v) is 12.8. The summed E-state index contributed by atoms with van der Waals surface area (Å²) in [6, 6.07) is -0.287. The van der Waals surface area contributed by atoms with Crippen molar-refractivity contribution in [1.82, 2.24) is 10.2 Å². The fourth-order valence-corrected chi connectivity index (χ4v) is 3.44. The zero-order valence-electron chi connectivity index (χ0n) is 12.8. The standard InChI is InChI=1S/C16H31N3O/c17-15(16(20)19-11-4-5-12-19)9-6-10-18-13-14-7-2-1-3-8-14/h14-15,18H,1-13,17H2/t15-/m0/s1. The molecule has 0 radical (unpaired) electrons. The quantitative estimate of drug-likeness (QED) is 0.701.